The van der Waals surface area contributed by atoms with Crippen LogP contribution < -0.4 is 20.5 Å². The van der Waals surface area contributed by atoms with Gasteiger partial charge in [0.1, 0.15) is 11.6 Å². The number of benzene rings is 2. The van der Waals surface area contributed by atoms with Crippen molar-refractivity contribution in [2.75, 3.05) is 18.5 Å². The van der Waals surface area contributed by atoms with E-state index in [0.29, 0.717) is 10.0 Å². The lowest BCUT2D eigenvalue weighted by atomic mass is 10.1. The van der Waals surface area contributed by atoms with Crippen LogP contribution in [0.25, 0.3) is 6.08 Å². The molecule has 32 heavy (non-hydrogen) atoms. The summed E-state index contributed by atoms with van der Waals surface area (Å²) in [6, 6.07) is 8.75. The summed E-state index contributed by atoms with van der Waals surface area (Å²) in [5, 5.41) is 11.7. The highest BCUT2D eigenvalue weighted by molar-refractivity contribution is 9.10. The van der Waals surface area contributed by atoms with Crippen LogP contribution in [0.5, 0.6) is 11.5 Å². The lowest BCUT2D eigenvalue weighted by Crippen LogP contribution is -2.20. The van der Waals surface area contributed by atoms with Gasteiger partial charge in [0.2, 0.25) is 0 Å². The van der Waals surface area contributed by atoms with Crippen molar-refractivity contribution in [3.05, 3.63) is 57.6 Å². The average Bonchev–Trinajstić information content (AvgIpc) is 2.71. The van der Waals surface area contributed by atoms with E-state index < -0.39 is 30.2 Å². The van der Waals surface area contributed by atoms with Crippen LogP contribution in [0.1, 0.15) is 18.1 Å². The largest absolute Gasteiger partial charge is 0.490 e. The van der Waals surface area contributed by atoms with Crippen LogP contribution in [-0.4, -0.2) is 25.0 Å². The molecule has 0 fully saturated rings. The van der Waals surface area contributed by atoms with E-state index in [9.17, 15) is 28.0 Å². The van der Waals surface area contributed by atoms with Gasteiger partial charge in [0, 0.05) is 5.69 Å². The van der Waals surface area contributed by atoms with E-state index in [1.807, 2.05) is 0 Å². The van der Waals surface area contributed by atoms with E-state index in [1.54, 1.807) is 13.0 Å². The molecule has 0 saturated heterocycles. The number of nitrogens with zero attached hydrogens (tertiary/aromatic N) is 1. The van der Waals surface area contributed by atoms with Gasteiger partial charge in [0.25, 0.3) is 11.8 Å². The highest BCUT2D eigenvalue weighted by atomic mass is 79.9. The van der Waals surface area contributed by atoms with E-state index in [4.69, 9.17) is 15.2 Å². The third kappa shape index (κ3) is 6.75. The van der Waals surface area contributed by atoms with Gasteiger partial charge in [-0.25, -0.2) is 0 Å². The Morgan fingerprint density at radius 3 is 2.56 bits per heavy atom. The number of rotatable bonds is 8. The fraction of sp³-hybridized carbons (Fsp3) is 0.190. The van der Waals surface area contributed by atoms with Crippen LogP contribution in [0.3, 0.4) is 0 Å². The van der Waals surface area contributed by atoms with E-state index in [1.165, 1.54) is 24.3 Å². The summed E-state index contributed by atoms with van der Waals surface area (Å²) in [5.41, 5.74) is 4.04. The van der Waals surface area contributed by atoms with Gasteiger partial charge in [-0.3, -0.25) is 9.59 Å². The summed E-state index contributed by atoms with van der Waals surface area (Å²) < 4.78 is 49.8. The number of primary amides is 1. The molecule has 0 atom stereocenters. The van der Waals surface area contributed by atoms with E-state index >= 15 is 0 Å². The SMILES string of the molecule is CCOc1cc(/C=C(\C#N)C(=O)Nc2cccc(C(F)(F)F)c2)cc(Br)c1OCC(N)=O. The molecule has 0 aliphatic carbocycles. The molecule has 0 radical (unpaired) electrons. The molecule has 2 amide bonds. The summed E-state index contributed by atoms with van der Waals surface area (Å²) >= 11 is 3.27. The number of nitriles is 1. The molecule has 168 valence electrons. The predicted octanol–water partition coefficient (Wildman–Crippen LogP) is 4.28. The van der Waals surface area contributed by atoms with Gasteiger partial charge in [-0.1, -0.05) is 6.07 Å². The molecule has 3 N–H and O–H groups in total. The summed E-state index contributed by atoms with van der Waals surface area (Å²) in [5.74, 6) is -1.16. The first kappa shape index (κ1) is 24.7. The Labute approximate surface area is 189 Å². The second-order valence-corrected chi connectivity index (χ2v) is 7.07. The maximum atomic E-state index is 12.9. The molecule has 2 aromatic carbocycles. The number of ether oxygens (including phenoxy) is 2. The summed E-state index contributed by atoms with van der Waals surface area (Å²) in [6.07, 6.45) is -3.34. The van der Waals surface area contributed by atoms with Crippen LogP contribution in [-0.2, 0) is 15.8 Å². The normalized spacial score (nSPS) is 11.4. The summed E-state index contributed by atoms with van der Waals surface area (Å²) in [4.78, 5) is 23.4. The minimum absolute atomic E-state index is 0.114. The zero-order valence-corrected chi connectivity index (χ0v) is 18.2. The van der Waals surface area contributed by atoms with Crippen LogP contribution in [0, 0.1) is 11.3 Å². The minimum Gasteiger partial charge on any atom is -0.490 e. The van der Waals surface area contributed by atoms with Gasteiger partial charge >= 0.3 is 6.18 Å². The van der Waals surface area contributed by atoms with Crippen molar-refractivity contribution in [1.29, 1.82) is 5.26 Å². The molecular weight excluding hydrogens is 495 g/mol. The van der Waals surface area contributed by atoms with Crippen LogP contribution in [0.15, 0.2) is 46.4 Å². The van der Waals surface area contributed by atoms with Gasteiger partial charge < -0.3 is 20.5 Å². The Hall–Kier alpha value is -3.52. The highest BCUT2D eigenvalue weighted by Crippen LogP contribution is 2.37. The lowest BCUT2D eigenvalue weighted by Gasteiger charge is -2.14. The number of anilines is 1. The van der Waals surface area contributed by atoms with Crippen LogP contribution in [0.4, 0.5) is 18.9 Å². The minimum atomic E-state index is -4.57. The van der Waals surface area contributed by atoms with Gasteiger partial charge in [-0.15, -0.1) is 0 Å². The molecule has 7 nitrogen and oxygen atoms in total. The number of hydrogen-bond acceptors (Lipinski definition) is 5. The zero-order valence-electron chi connectivity index (χ0n) is 16.6. The second-order valence-electron chi connectivity index (χ2n) is 6.22. The number of halogens is 4. The number of hydrogen-bond donors (Lipinski definition) is 2. The fourth-order valence-corrected chi connectivity index (χ4v) is 3.08. The van der Waals surface area contributed by atoms with Gasteiger partial charge in [0.15, 0.2) is 18.1 Å². The fourth-order valence-electron chi connectivity index (χ4n) is 2.50. The monoisotopic (exact) mass is 511 g/mol. The van der Waals surface area contributed by atoms with Gasteiger partial charge in [0.05, 0.1) is 16.6 Å². The van der Waals surface area contributed by atoms with Gasteiger partial charge in [-0.05, 0) is 64.8 Å². The molecule has 0 aliphatic rings. The summed E-state index contributed by atoms with van der Waals surface area (Å²) in [7, 11) is 0. The number of nitrogens with one attached hydrogen (secondary N) is 1. The summed E-state index contributed by atoms with van der Waals surface area (Å²) in [6.45, 7) is 1.59. The Kier molecular flexibility index (Phi) is 8.26. The maximum Gasteiger partial charge on any atom is 0.416 e. The van der Waals surface area contributed by atoms with Crippen molar-refractivity contribution >= 4 is 39.5 Å². The molecule has 0 heterocycles. The number of amides is 2. The molecule has 0 aromatic heterocycles. The second kappa shape index (κ2) is 10.7. The molecule has 0 aliphatic heterocycles. The van der Waals surface area contributed by atoms with E-state index in [-0.39, 0.29) is 29.4 Å². The number of carbonyl (C=O) groups is 2. The molecule has 11 heteroatoms. The Balaban J connectivity index is 2.33. The maximum absolute atomic E-state index is 12.9. The number of nitrogens with two attached hydrogens (primary N) is 1. The van der Waals surface area contributed by atoms with E-state index in [2.05, 4.69) is 21.2 Å². The standard InChI is InChI=1S/C21H17BrF3N3O4/c1-2-31-17-8-12(7-16(22)19(17)32-11-18(27)29)6-13(10-26)20(30)28-15-5-3-4-14(9-15)21(23,24)25/h3-9H,2,11H2,1H3,(H2,27,29)(H,28,30)/b13-6+. The molecule has 0 unspecified atom stereocenters. The van der Waals surface area contributed by atoms with Crippen molar-refractivity contribution in [3.63, 3.8) is 0 Å². The Morgan fingerprint density at radius 2 is 1.97 bits per heavy atom. The highest BCUT2D eigenvalue weighted by Gasteiger charge is 2.30. The lowest BCUT2D eigenvalue weighted by molar-refractivity contribution is -0.137. The van der Waals surface area contributed by atoms with Gasteiger partial charge in [-0.2, -0.15) is 18.4 Å². The molecule has 0 saturated carbocycles. The van der Waals surface area contributed by atoms with E-state index in [0.717, 1.165) is 18.2 Å². The average molecular weight is 512 g/mol. The Bertz CT molecular complexity index is 1090. The topological polar surface area (TPSA) is 114 Å². The Morgan fingerprint density at radius 1 is 1.25 bits per heavy atom. The first-order valence-corrected chi connectivity index (χ1v) is 9.82. The first-order valence-electron chi connectivity index (χ1n) is 9.03. The first-order chi connectivity index (χ1) is 15.0. The molecular formula is C21H17BrF3N3O4. The number of carbonyl (C=O) groups excluding carboxylic acids is 2. The molecule has 2 aromatic rings. The smallest absolute Gasteiger partial charge is 0.416 e. The third-order valence-corrected chi connectivity index (χ3v) is 4.40. The van der Waals surface area contributed by atoms with Crippen molar-refractivity contribution in [3.8, 4) is 17.6 Å². The zero-order chi connectivity index (χ0) is 23.9. The van der Waals surface area contributed by atoms with Crippen molar-refractivity contribution < 1.29 is 32.2 Å². The quantitative estimate of drug-likeness (QED) is 0.405. The third-order valence-electron chi connectivity index (χ3n) is 3.81. The number of alkyl halides is 3. The van der Waals surface area contributed by atoms with Crippen LogP contribution >= 0.6 is 15.9 Å². The van der Waals surface area contributed by atoms with Crippen molar-refractivity contribution in [2.24, 2.45) is 5.73 Å². The van der Waals surface area contributed by atoms with Crippen molar-refractivity contribution in [2.45, 2.75) is 13.1 Å². The molecule has 0 spiro atoms. The van der Waals surface area contributed by atoms with Crippen molar-refractivity contribution in [1.82, 2.24) is 0 Å². The predicted molar refractivity (Wildman–Crippen MR) is 114 cm³/mol. The molecule has 0 bridgehead atoms. The molecule has 2 rings (SSSR count). The van der Waals surface area contributed by atoms with Crippen LogP contribution in [0.2, 0.25) is 0 Å².